The lowest BCUT2D eigenvalue weighted by molar-refractivity contribution is 0.155. The minimum absolute atomic E-state index is 0.308. The molecule has 0 amide bonds. The van der Waals surface area contributed by atoms with Crippen molar-refractivity contribution in [3.8, 4) is 11.5 Å². The van der Waals surface area contributed by atoms with E-state index in [2.05, 4.69) is 24.6 Å². The molecular weight excluding hydrogens is 333 g/mol. The molecule has 7 heteroatoms. The number of halogens is 1. The third-order valence-electron chi connectivity index (χ3n) is 4.98. The highest BCUT2D eigenvalue weighted by Crippen LogP contribution is 2.23. The van der Waals surface area contributed by atoms with Crippen LogP contribution < -0.4 is 0 Å². The predicted molar refractivity (Wildman–Crippen MR) is 94.7 cm³/mol. The van der Waals surface area contributed by atoms with Crippen molar-refractivity contribution < 1.29 is 8.81 Å². The van der Waals surface area contributed by atoms with Crippen molar-refractivity contribution in [2.24, 2.45) is 5.92 Å². The largest absolute Gasteiger partial charge is 0.419 e. The van der Waals surface area contributed by atoms with Gasteiger partial charge in [-0.2, -0.15) is 0 Å². The third-order valence-corrected chi connectivity index (χ3v) is 4.98. The summed E-state index contributed by atoms with van der Waals surface area (Å²) in [5.41, 5.74) is 0.609. The lowest BCUT2D eigenvalue weighted by Gasteiger charge is -2.31. The molecule has 3 aromatic rings. The molecule has 0 atom stereocenters. The molecule has 3 heterocycles. The first-order valence-electron chi connectivity index (χ1n) is 8.96. The number of likely N-dealkylation sites (tertiary alicyclic amines) is 1. The highest BCUT2D eigenvalue weighted by Gasteiger charge is 2.21. The van der Waals surface area contributed by atoms with Crippen LogP contribution in [0.5, 0.6) is 0 Å². The quantitative estimate of drug-likeness (QED) is 0.703. The summed E-state index contributed by atoms with van der Waals surface area (Å²) in [6.45, 7) is 5.73. The van der Waals surface area contributed by atoms with Crippen LogP contribution in [-0.4, -0.2) is 37.7 Å². The molecular formula is C19H22FN5O. The second-order valence-corrected chi connectivity index (χ2v) is 6.86. The average molecular weight is 355 g/mol. The molecule has 0 N–H and O–H groups in total. The van der Waals surface area contributed by atoms with E-state index in [-0.39, 0.29) is 5.82 Å². The van der Waals surface area contributed by atoms with Gasteiger partial charge in [0.05, 0.1) is 6.54 Å². The number of aryl methyl sites for hydroxylation is 1. The Labute approximate surface area is 151 Å². The first-order chi connectivity index (χ1) is 12.7. The molecule has 0 aliphatic carbocycles. The van der Waals surface area contributed by atoms with Gasteiger partial charge in [-0.3, -0.25) is 4.90 Å². The monoisotopic (exact) mass is 355 g/mol. The van der Waals surface area contributed by atoms with Crippen molar-refractivity contribution in [1.82, 2.24) is 24.6 Å². The molecule has 1 aliphatic heterocycles. The molecule has 0 saturated carbocycles. The minimum atomic E-state index is -0.308. The fourth-order valence-corrected chi connectivity index (χ4v) is 3.45. The Morgan fingerprint density at radius 2 is 2.08 bits per heavy atom. The van der Waals surface area contributed by atoms with Gasteiger partial charge in [0.15, 0.2) is 0 Å². The van der Waals surface area contributed by atoms with Gasteiger partial charge in [0.25, 0.3) is 0 Å². The molecule has 0 bridgehead atoms. The smallest absolute Gasteiger partial charge is 0.247 e. The van der Waals surface area contributed by atoms with Crippen LogP contribution >= 0.6 is 0 Å². The Kier molecular flexibility index (Phi) is 4.79. The lowest BCUT2D eigenvalue weighted by Crippen LogP contribution is -2.34. The molecule has 1 saturated heterocycles. The van der Waals surface area contributed by atoms with Crippen LogP contribution in [0.1, 0.15) is 24.6 Å². The van der Waals surface area contributed by atoms with E-state index in [0.29, 0.717) is 29.8 Å². The third kappa shape index (κ3) is 3.83. The van der Waals surface area contributed by atoms with Crippen molar-refractivity contribution in [1.29, 1.82) is 0 Å². The van der Waals surface area contributed by atoms with E-state index in [1.807, 2.05) is 19.3 Å². The van der Waals surface area contributed by atoms with E-state index in [0.717, 1.165) is 38.3 Å². The van der Waals surface area contributed by atoms with Crippen LogP contribution in [0.4, 0.5) is 4.39 Å². The highest BCUT2D eigenvalue weighted by atomic mass is 19.1. The highest BCUT2D eigenvalue weighted by molar-refractivity contribution is 5.52. The van der Waals surface area contributed by atoms with Crippen molar-refractivity contribution in [3.05, 3.63) is 54.2 Å². The summed E-state index contributed by atoms with van der Waals surface area (Å²) in [5.74, 6) is 2.38. The number of piperidine rings is 1. The SMILES string of the molecule is Cc1nccn1CC1CCN(Cc2nnc(-c3cccc(F)c3)o2)CC1. The first kappa shape index (κ1) is 16.9. The summed E-state index contributed by atoms with van der Waals surface area (Å²) in [4.78, 5) is 6.62. The van der Waals surface area contributed by atoms with Gasteiger partial charge in [-0.25, -0.2) is 9.37 Å². The van der Waals surface area contributed by atoms with E-state index in [1.165, 1.54) is 12.1 Å². The maximum atomic E-state index is 13.3. The molecule has 136 valence electrons. The normalized spacial score (nSPS) is 16.2. The molecule has 1 aromatic carbocycles. The van der Waals surface area contributed by atoms with Gasteiger partial charge in [0.2, 0.25) is 11.8 Å². The average Bonchev–Trinajstić information content (AvgIpc) is 3.26. The Hall–Kier alpha value is -2.54. The number of rotatable bonds is 5. The zero-order valence-electron chi connectivity index (χ0n) is 14.8. The van der Waals surface area contributed by atoms with E-state index in [1.54, 1.807) is 12.1 Å². The Bertz CT molecular complexity index is 866. The zero-order valence-corrected chi connectivity index (χ0v) is 14.8. The number of hydrogen-bond donors (Lipinski definition) is 0. The summed E-state index contributed by atoms with van der Waals surface area (Å²) in [7, 11) is 0. The fourth-order valence-electron chi connectivity index (χ4n) is 3.45. The number of aromatic nitrogens is 4. The van der Waals surface area contributed by atoms with Gasteiger partial charge in [-0.1, -0.05) is 6.07 Å². The fraction of sp³-hybridized carbons (Fsp3) is 0.421. The van der Waals surface area contributed by atoms with E-state index in [9.17, 15) is 4.39 Å². The molecule has 26 heavy (non-hydrogen) atoms. The summed E-state index contributed by atoms with van der Waals surface area (Å²) in [6.07, 6.45) is 6.19. The molecule has 4 rings (SSSR count). The number of nitrogens with zero attached hydrogens (tertiary/aromatic N) is 5. The van der Waals surface area contributed by atoms with Gasteiger partial charge >= 0.3 is 0 Å². The van der Waals surface area contributed by atoms with Crippen LogP contribution in [0.25, 0.3) is 11.5 Å². The second-order valence-electron chi connectivity index (χ2n) is 6.86. The molecule has 0 unspecified atom stereocenters. The number of imidazole rings is 1. The molecule has 0 spiro atoms. The van der Waals surface area contributed by atoms with Gasteiger partial charge in [0.1, 0.15) is 11.6 Å². The summed E-state index contributed by atoms with van der Waals surface area (Å²) < 4.78 is 21.3. The number of benzene rings is 1. The van der Waals surface area contributed by atoms with Gasteiger partial charge in [-0.05, 0) is 57.0 Å². The van der Waals surface area contributed by atoms with Crippen LogP contribution in [0.3, 0.4) is 0 Å². The Morgan fingerprint density at radius 3 is 2.81 bits per heavy atom. The molecule has 2 aromatic heterocycles. The van der Waals surface area contributed by atoms with Gasteiger partial charge < -0.3 is 8.98 Å². The number of hydrogen-bond acceptors (Lipinski definition) is 5. The Balaban J connectivity index is 1.31. The summed E-state index contributed by atoms with van der Waals surface area (Å²) in [5, 5.41) is 8.16. The summed E-state index contributed by atoms with van der Waals surface area (Å²) >= 11 is 0. The predicted octanol–water partition coefficient (Wildman–Crippen LogP) is 3.29. The Morgan fingerprint density at radius 1 is 1.23 bits per heavy atom. The lowest BCUT2D eigenvalue weighted by atomic mass is 9.96. The maximum absolute atomic E-state index is 13.3. The molecule has 6 nitrogen and oxygen atoms in total. The minimum Gasteiger partial charge on any atom is -0.419 e. The van der Waals surface area contributed by atoms with E-state index < -0.39 is 0 Å². The van der Waals surface area contributed by atoms with Crippen LogP contribution in [0.15, 0.2) is 41.1 Å². The van der Waals surface area contributed by atoms with Crippen molar-refractivity contribution in [2.75, 3.05) is 13.1 Å². The van der Waals surface area contributed by atoms with Gasteiger partial charge in [-0.15, -0.1) is 10.2 Å². The van der Waals surface area contributed by atoms with Crippen molar-refractivity contribution >= 4 is 0 Å². The van der Waals surface area contributed by atoms with Crippen molar-refractivity contribution in [2.45, 2.75) is 32.9 Å². The molecule has 0 radical (unpaired) electrons. The molecule has 1 fully saturated rings. The first-order valence-corrected chi connectivity index (χ1v) is 8.96. The molecule has 1 aliphatic rings. The van der Waals surface area contributed by atoms with Crippen LogP contribution in [0.2, 0.25) is 0 Å². The van der Waals surface area contributed by atoms with E-state index in [4.69, 9.17) is 4.42 Å². The van der Waals surface area contributed by atoms with E-state index >= 15 is 0 Å². The standard InChI is InChI=1S/C19H22FN5O/c1-14-21-7-10-25(14)12-15-5-8-24(9-6-15)13-18-22-23-19(26-18)16-3-2-4-17(20)11-16/h2-4,7,10-11,15H,5-6,8-9,12-13H2,1H3. The topological polar surface area (TPSA) is 60.0 Å². The van der Waals surface area contributed by atoms with Crippen molar-refractivity contribution in [3.63, 3.8) is 0 Å². The zero-order chi connectivity index (χ0) is 17.9. The summed E-state index contributed by atoms with van der Waals surface area (Å²) in [6, 6.07) is 6.21. The van der Waals surface area contributed by atoms with Gasteiger partial charge in [0, 0.05) is 24.5 Å². The maximum Gasteiger partial charge on any atom is 0.247 e. The second kappa shape index (κ2) is 7.37. The van der Waals surface area contributed by atoms with Crippen LogP contribution in [0, 0.1) is 18.7 Å². The van der Waals surface area contributed by atoms with Crippen LogP contribution in [-0.2, 0) is 13.1 Å².